The van der Waals surface area contributed by atoms with Crippen LogP contribution in [-0.4, -0.2) is 28.3 Å². The van der Waals surface area contributed by atoms with Gasteiger partial charge in [-0.1, -0.05) is 35.5 Å². The first kappa shape index (κ1) is 19.9. The number of thioether (sulfide) groups is 1. The van der Waals surface area contributed by atoms with Crippen molar-refractivity contribution in [3.8, 4) is 11.4 Å². The van der Waals surface area contributed by atoms with Crippen LogP contribution in [0.15, 0.2) is 64.7 Å². The molecule has 6 nitrogen and oxygen atoms in total. The van der Waals surface area contributed by atoms with Crippen LogP contribution in [0.2, 0.25) is 5.02 Å². The van der Waals surface area contributed by atoms with Crippen LogP contribution >= 0.6 is 23.4 Å². The summed E-state index contributed by atoms with van der Waals surface area (Å²) in [5.41, 5.74) is 0.225. The van der Waals surface area contributed by atoms with Crippen LogP contribution in [-0.2, 0) is 4.79 Å². The predicted molar refractivity (Wildman–Crippen MR) is 107 cm³/mol. The molecule has 3 rings (SSSR count). The van der Waals surface area contributed by atoms with Crippen molar-refractivity contribution in [1.29, 1.82) is 0 Å². The third kappa shape index (κ3) is 4.52. The highest BCUT2D eigenvalue weighted by molar-refractivity contribution is 7.99. The number of aromatic nitrogens is 2. The first-order valence-corrected chi connectivity index (χ1v) is 9.44. The average Bonchev–Trinajstić information content (AvgIpc) is 2.69. The number of benzene rings is 2. The van der Waals surface area contributed by atoms with Gasteiger partial charge in [0.05, 0.1) is 29.3 Å². The van der Waals surface area contributed by atoms with Gasteiger partial charge >= 0.3 is 0 Å². The molecule has 0 aliphatic rings. The van der Waals surface area contributed by atoms with Crippen molar-refractivity contribution in [3.63, 3.8) is 0 Å². The SMILES string of the molecule is COc1ccc(-n2ccnc(SCC(=O)Nc3ccccc3F)c2=O)cc1Cl. The molecular formula is C19H15ClFN3O3S. The maximum absolute atomic E-state index is 13.6. The summed E-state index contributed by atoms with van der Waals surface area (Å²) in [6.45, 7) is 0. The maximum atomic E-state index is 13.6. The standard InChI is InChI=1S/C19H15ClFN3O3S/c1-27-16-7-6-12(10-13(16)20)24-9-8-22-18(19(24)26)28-11-17(25)23-15-5-3-2-4-14(15)21/h2-10H,11H2,1H3,(H,23,25). The number of para-hydroxylation sites is 1. The quantitative estimate of drug-likeness (QED) is 0.616. The van der Waals surface area contributed by atoms with E-state index in [-0.39, 0.29) is 16.5 Å². The van der Waals surface area contributed by atoms with E-state index in [1.165, 1.54) is 42.3 Å². The molecule has 1 amide bonds. The summed E-state index contributed by atoms with van der Waals surface area (Å²) < 4.78 is 20.1. The van der Waals surface area contributed by atoms with Crippen molar-refractivity contribution in [1.82, 2.24) is 9.55 Å². The number of nitrogens with zero attached hydrogens (tertiary/aromatic N) is 2. The molecular weight excluding hydrogens is 405 g/mol. The minimum absolute atomic E-state index is 0.0828. The lowest BCUT2D eigenvalue weighted by Gasteiger charge is -2.10. The minimum atomic E-state index is -0.530. The Bertz CT molecular complexity index is 1070. The third-order valence-corrected chi connectivity index (χ3v) is 4.97. The van der Waals surface area contributed by atoms with E-state index in [4.69, 9.17) is 16.3 Å². The molecule has 9 heteroatoms. The zero-order chi connectivity index (χ0) is 20.1. The fourth-order valence-corrected chi connectivity index (χ4v) is 3.33. The molecule has 144 valence electrons. The van der Waals surface area contributed by atoms with Crippen LogP contribution in [0.5, 0.6) is 5.75 Å². The monoisotopic (exact) mass is 419 g/mol. The number of anilines is 1. The molecule has 1 aromatic heterocycles. The van der Waals surface area contributed by atoms with E-state index in [1.54, 1.807) is 24.3 Å². The molecule has 0 aliphatic carbocycles. The first-order valence-electron chi connectivity index (χ1n) is 8.08. The molecule has 28 heavy (non-hydrogen) atoms. The molecule has 1 N–H and O–H groups in total. The molecule has 0 aliphatic heterocycles. The first-order chi connectivity index (χ1) is 13.5. The van der Waals surface area contributed by atoms with Crippen LogP contribution in [0.25, 0.3) is 5.69 Å². The van der Waals surface area contributed by atoms with Crippen LogP contribution < -0.4 is 15.6 Å². The molecule has 2 aromatic carbocycles. The summed E-state index contributed by atoms with van der Waals surface area (Å²) in [5, 5.41) is 2.96. The zero-order valence-corrected chi connectivity index (χ0v) is 16.3. The normalized spacial score (nSPS) is 10.5. The predicted octanol–water partition coefficient (Wildman–Crippen LogP) is 3.76. The topological polar surface area (TPSA) is 73.2 Å². The van der Waals surface area contributed by atoms with E-state index in [1.807, 2.05) is 0 Å². The van der Waals surface area contributed by atoms with Crippen molar-refractivity contribution in [3.05, 3.63) is 76.1 Å². The van der Waals surface area contributed by atoms with E-state index >= 15 is 0 Å². The van der Waals surface area contributed by atoms with Gasteiger partial charge in [0.2, 0.25) is 5.91 Å². The lowest BCUT2D eigenvalue weighted by Crippen LogP contribution is -2.22. The second-order valence-electron chi connectivity index (χ2n) is 5.54. The lowest BCUT2D eigenvalue weighted by atomic mass is 10.3. The van der Waals surface area contributed by atoms with Gasteiger partial charge in [-0.05, 0) is 30.3 Å². The number of amides is 1. The van der Waals surface area contributed by atoms with Crippen LogP contribution in [0.4, 0.5) is 10.1 Å². The van der Waals surface area contributed by atoms with Crippen LogP contribution in [0.1, 0.15) is 0 Å². The fourth-order valence-electron chi connectivity index (χ4n) is 2.38. The minimum Gasteiger partial charge on any atom is -0.495 e. The Labute approximate surface area is 169 Å². The van der Waals surface area contributed by atoms with Gasteiger partial charge in [0, 0.05) is 12.4 Å². The van der Waals surface area contributed by atoms with Gasteiger partial charge in [-0.2, -0.15) is 0 Å². The summed E-state index contributed by atoms with van der Waals surface area (Å²) >= 11 is 7.08. The maximum Gasteiger partial charge on any atom is 0.287 e. The van der Waals surface area contributed by atoms with Gasteiger partial charge in [0.1, 0.15) is 11.6 Å². The molecule has 0 atom stereocenters. The number of ether oxygens (including phenoxy) is 1. The van der Waals surface area contributed by atoms with E-state index in [2.05, 4.69) is 10.3 Å². The van der Waals surface area contributed by atoms with E-state index in [0.717, 1.165) is 11.8 Å². The number of nitrogens with one attached hydrogen (secondary N) is 1. The summed E-state index contributed by atoms with van der Waals surface area (Å²) in [6.07, 6.45) is 2.96. The number of halogens is 2. The molecule has 3 aromatic rings. The Morgan fingerprint density at radius 2 is 2.11 bits per heavy atom. The lowest BCUT2D eigenvalue weighted by molar-refractivity contribution is -0.113. The van der Waals surface area contributed by atoms with Gasteiger partial charge in [-0.3, -0.25) is 14.2 Å². The van der Waals surface area contributed by atoms with E-state index in [0.29, 0.717) is 16.5 Å². The fraction of sp³-hybridized carbons (Fsp3) is 0.105. The molecule has 0 bridgehead atoms. The Kier molecular flexibility index (Phi) is 6.33. The second kappa shape index (κ2) is 8.90. The summed E-state index contributed by atoms with van der Waals surface area (Å²) in [6, 6.07) is 10.8. The number of carbonyl (C=O) groups is 1. The molecule has 0 unspecified atom stereocenters. The molecule has 0 saturated heterocycles. The highest BCUT2D eigenvalue weighted by Gasteiger charge is 2.12. The Hall–Kier alpha value is -2.84. The number of hydrogen-bond donors (Lipinski definition) is 1. The summed E-state index contributed by atoms with van der Waals surface area (Å²) in [4.78, 5) is 28.8. The number of carbonyl (C=O) groups excluding carboxylic acids is 1. The van der Waals surface area contributed by atoms with Crippen molar-refractivity contribution >= 4 is 35.0 Å². The Balaban J connectivity index is 1.74. The molecule has 0 fully saturated rings. The van der Waals surface area contributed by atoms with Gasteiger partial charge < -0.3 is 10.1 Å². The number of rotatable bonds is 6. The van der Waals surface area contributed by atoms with E-state index < -0.39 is 17.3 Å². The Morgan fingerprint density at radius 1 is 1.32 bits per heavy atom. The van der Waals surface area contributed by atoms with Gasteiger partial charge in [0.15, 0.2) is 5.03 Å². The highest BCUT2D eigenvalue weighted by Crippen LogP contribution is 2.26. The van der Waals surface area contributed by atoms with Gasteiger partial charge in [-0.15, -0.1) is 0 Å². The zero-order valence-electron chi connectivity index (χ0n) is 14.7. The van der Waals surface area contributed by atoms with Crippen LogP contribution in [0.3, 0.4) is 0 Å². The van der Waals surface area contributed by atoms with Crippen molar-refractivity contribution in [2.75, 3.05) is 18.2 Å². The van der Waals surface area contributed by atoms with Crippen LogP contribution in [0, 0.1) is 5.82 Å². The average molecular weight is 420 g/mol. The molecule has 0 radical (unpaired) electrons. The highest BCUT2D eigenvalue weighted by atomic mass is 35.5. The summed E-state index contributed by atoms with van der Waals surface area (Å²) in [5.74, 6) is -0.576. The molecule has 1 heterocycles. The third-order valence-electron chi connectivity index (χ3n) is 3.71. The number of hydrogen-bond acceptors (Lipinski definition) is 5. The Morgan fingerprint density at radius 3 is 2.82 bits per heavy atom. The van der Waals surface area contributed by atoms with Crippen molar-refractivity contribution < 1.29 is 13.9 Å². The summed E-state index contributed by atoms with van der Waals surface area (Å²) in [7, 11) is 1.50. The van der Waals surface area contributed by atoms with Gasteiger partial charge in [-0.25, -0.2) is 9.37 Å². The van der Waals surface area contributed by atoms with Crippen molar-refractivity contribution in [2.24, 2.45) is 0 Å². The van der Waals surface area contributed by atoms with E-state index in [9.17, 15) is 14.0 Å². The smallest absolute Gasteiger partial charge is 0.287 e. The largest absolute Gasteiger partial charge is 0.495 e. The van der Waals surface area contributed by atoms with Crippen molar-refractivity contribution in [2.45, 2.75) is 5.03 Å². The second-order valence-corrected chi connectivity index (χ2v) is 6.91. The molecule has 0 saturated carbocycles. The number of methoxy groups -OCH3 is 1. The van der Waals surface area contributed by atoms with Gasteiger partial charge in [0.25, 0.3) is 5.56 Å². The molecule has 0 spiro atoms.